The van der Waals surface area contributed by atoms with Crippen molar-refractivity contribution in [1.29, 1.82) is 5.26 Å². The van der Waals surface area contributed by atoms with Gasteiger partial charge in [-0.05, 0) is 13.0 Å². The summed E-state index contributed by atoms with van der Waals surface area (Å²) < 4.78 is 5.19. The number of nitro groups is 1. The molecule has 0 radical (unpaired) electrons. The predicted molar refractivity (Wildman–Crippen MR) is 67.8 cm³/mol. The summed E-state index contributed by atoms with van der Waals surface area (Å²) in [6.07, 6.45) is -0.980. The van der Waals surface area contributed by atoms with Gasteiger partial charge in [0.15, 0.2) is 6.61 Å². The van der Waals surface area contributed by atoms with Gasteiger partial charge >= 0.3 is 0 Å². The smallest absolute Gasteiger partial charge is 0.270 e. The minimum atomic E-state index is -0.980. The monoisotopic (exact) mass is 279 g/mol. The number of nitro benzene ring substituents is 1. The molecule has 8 nitrogen and oxygen atoms in total. The molecular weight excluding hydrogens is 266 g/mol. The molecule has 106 valence electrons. The van der Waals surface area contributed by atoms with Crippen molar-refractivity contribution in [3.05, 3.63) is 33.9 Å². The predicted octanol–water partition coefficient (Wildman–Crippen LogP) is 0.667. The molecule has 0 bridgehead atoms. The van der Waals surface area contributed by atoms with Crippen LogP contribution in [0.2, 0.25) is 0 Å². The highest BCUT2D eigenvalue weighted by Crippen LogP contribution is 2.29. The van der Waals surface area contributed by atoms with Crippen molar-refractivity contribution >= 4 is 11.6 Å². The van der Waals surface area contributed by atoms with Gasteiger partial charge in [0.1, 0.15) is 12.3 Å². The second-order valence-electron chi connectivity index (χ2n) is 3.88. The van der Waals surface area contributed by atoms with Crippen molar-refractivity contribution in [3.63, 3.8) is 0 Å². The van der Waals surface area contributed by atoms with Crippen molar-refractivity contribution < 1.29 is 19.6 Å². The molecule has 0 heterocycles. The molecule has 1 aromatic rings. The van der Waals surface area contributed by atoms with Gasteiger partial charge in [0.2, 0.25) is 0 Å². The van der Waals surface area contributed by atoms with Gasteiger partial charge in [0.25, 0.3) is 11.6 Å². The quantitative estimate of drug-likeness (QED) is 0.447. The van der Waals surface area contributed by atoms with E-state index in [2.05, 4.69) is 5.32 Å². The Kier molecular flexibility index (Phi) is 5.43. The number of nitriles is 1. The van der Waals surface area contributed by atoms with E-state index in [-0.39, 0.29) is 30.2 Å². The lowest BCUT2D eigenvalue weighted by molar-refractivity contribution is -0.385. The number of carbonyl (C=O) groups excluding carboxylic acids is 1. The maximum atomic E-state index is 11.3. The average Bonchev–Trinajstić information content (AvgIpc) is 2.42. The van der Waals surface area contributed by atoms with Gasteiger partial charge in [0.05, 0.1) is 17.1 Å². The van der Waals surface area contributed by atoms with Gasteiger partial charge in [0, 0.05) is 17.7 Å². The van der Waals surface area contributed by atoms with E-state index in [0.29, 0.717) is 0 Å². The van der Waals surface area contributed by atoms with E-state index in [1.54, 1.807) is 6.07 Å². The molecule has 0 aliphatic heterocycles. The fraction of sp³-hybridized carbons (Fsp3) is 0.333. The minimum absolute atomic E-state index is 0.133. The Bertz CT molecular complexity index is 551. The first-order valence-electron chi connectivity index (χ1n) is 5.68. The Balaban J connectivity index is 2.82. The highest BCUT2D eigenvalue weighted by atomic mass is 16.6. The van der Waals surface area contributed by atoms with Gasteiger partial charge in [-0.25, -0.2) is 0 Å². The first-order valence-corrected chi connectivity index (χ1v) is 5.68. The number of nitrogens with zero attached hydrogens (tertiary/aromatic N) is 2. The van der Waals surface area contributed by atoms with Crippen LogP contribution >= 0.6 is 0 Å². The molecule has 0 saturated carbocycles. The Morgan fingerprint density at radius 3 is 2.90 bits per heavy atom. The third-order valence-corrected chi connectivity index (χ3v) is 2.38. The van der Waals surface area contributed by atoms with E-state index >= 15 is 0 Å². The molecule has 1 aromatic carbocycles. The summed E-state index contributed by atoms with van der Waals surface area (Å²) >= 11 is 0. The fourth-order valence-electron chi connectivity index (χ4n) is 1.44. The molecule has 1 rings (SSSR count). The second kappa shape index (κ2) is 7.06. The number of carbonyl (C=O) groups is 1. The molecule has 0 aromatic heterocycles. The summed E-state index contributed by atoms with van der Waals surface area (Å²) in [5.74, 6) is -0.320. The molecular formula is C12H13N3O5. The maximum Gasteiger partial charge on any atom is 0.270 e. The van der Waals surface area contributed by atoms with E-state index in [1.165, 1.54) is 25.1 Å². The van der Waals surface area contributed by atoms with Crippen LogP contribution in [-0.2, 0) is 4.79 Å². The van der Waals surface area contributed by atoms with E-state index in [1.807, 2.05) is 0 Å². The summed E-state index contributed by atoms with van der Waals surface area (Å²) in [6, 6.07) is 5.47. The summed E-state index contributed by atoms with van der Waals surface area (Å²) in [5.41, 5.74) is 0.0365. The molecule has 1 amide bonds. The van der Waals surface area contributed by atoms with Crippen LogP contribution in [0, 0.1) is 21.4 Å². The molecule has 20 heavy (non-hydrogen) atoms. The van der Waals surface area contributed by atoms with Gasteiger partial charge in [-0.15, -0.1) is 0 Å². The van der Waals surface area contributed by atoms with Crippen LogP contribution in [-0.4, -0.2) is 29.1 Å². The normalized spacial score (nSPS) is 11.2. The fourth-order valence-corrected chi connectivity index (χ4v) is 1.44. The highest BCUT2D eigenvalue weighted by Gasteiger charge is 2.16. The largest absolute Gasteiger partial charge is 0.483 e. The molecule has 1 atom stereocenters. The Hall–Kier alpha value is -2.66. The van der Waals surface area contributed by atoms with Crippen LogP contribution < -0.4 is 10.1 Å². The third kappa shape index (κ3) is 4.22. The zero-order valence-corrected chi connectivity index (χ0v) is 10.7. The van der Waals surface area contributed by atoms with Gasteiger partial charge in [-0.3, -0.25) is 14.9 Å². The minimum Gasteiger partial charge on any atom is -0.483 e. The van der Waals surface area contributed by atoms with Crippen molar-refractivity contribution in [2.75, 3.05) is 13.2 Å². The molecule has 0 unspecified atom stereocenters. The van der Waals surface area contributed by atoms with Crippen molar-refractivity contribution in [1.82, 2.24) is 5.32 Å². The zero-order valence-electron chi connectivity index (χ0n) is 10.7. The first kappa shape index (κ1) is 15.4. The Labute approximate surface area is 114 Å². The SMILES string of the molecule is C[C@H](O)c1cc([N+](=O)[O-])ccc1OCC(=O)NCC#N. The van der Waals surface area contributed by atoms with Crippen molar-refractivity contribution in [2.24, 2.45) is 0 Å². The van der Waals surface area contributed by atoms with Crippen molar-refractivity contribution in [2.45, 2.75) is 13.0 Å². The number of ether oxygens (including phenoxy) is 1. The third-order valence-electron chi connectivity index (χ3n) is 2.38. The van der Waals surface area contributed by atoms with E-state index in [4.69, 9.17) is 10.00 Å². The number of nitrogens with one attached hydrogen (secondary N) is 1. The van der Waals surface area contributed by atoms with Crippen LogP contribution in [0.5, 0.6) is 5.75 Å². The van der Waals surface area contributed by atoms with Crippen LogP contribution in [0.1, 0.15) is 18.6 Å². The molecule has 0 fully saturated rings. The molecule has 0 aliphatic carbocycles. The van der Waals surface area contributed by atoms with E-state index in [9.17, 15) is 20.0 Å². The lowest BCUT2D eigenvalue weighted by Crippen LogP contribution is -2.29. The summed E-state index contributed by atoms with van der Waals surface area (Å²) in [5, 5.41) is 30.8. The van der Waals surface area contributed by atoms with Crippen LogP contribution in [0.4, 0.5) is 5.69 Å². The number of non-ortho nitro benzene ring substituents is 1. The van der Waals surface area contributed by atoms with E-state index < -0.39 is 16.9 Å². The first-order chi connectivity index (χ1) is 9.45. The number of hydrogen-bond acceptors (Lipinski definition) is 6. The molecule has 0 saturated heterocycles. The van der Waals surface area contributed by atoms with Crippen LogP contribution in [0.25, 0.3) is 0 Å². The lowest BCUT2D eigenvalue weighted by Gasteiger charge is -2.12. The van der Waals surface area contributed by atoms with Gasteiger partial charge < -0.3 is 15.2 Å². The van der Waals surface area contributed by atoms with Gasteiger partial charge in [-0.1, -0.05) is 0 Å². The highest BCUT2D eigenvalue weighted by molar-refractivity contribution is 5.77. The van der Waals surface area contributed by atoms with Crippen molar-refractivity contribution in [3.8, 4) is 11.8 Å². The topological polar surface area (TPSA) is 125 Å². The molecule has 2 N–H and O–H groups in total. The van der Waals surface area contributed by atoms with E-state index in [0.717, 1.165) is 0 Å². The summed E-state index contributed by atoms with van der Waals surface area (Å²) in [7, 11) is 0. The van der Waals surface area contributed by atoms with Gasteiger partial charge in [-0.2, -0.15) is 5.26 Å². The number of amides is 1. The second-order valence-corrected chi connectivity index (χ2v) is 3.88. The lowest BCUT2D eigenvalue weighted by atomic mass is 10.1. The number of aliphatic hydroxyl groups is 1. The average molecular weight is 279 g/mol. The standard InChI is InChI=1S/C12H13N3O5/c1-8(16)10-6-9(15(18)19)2-3-11(10)20-7-12(17)14-5-4-13/h2-3,6,8,16H,5,7H2,1H3,(H,14,17)/t8-/m0/s1. The number of benzene rings is 1. The number of rotatable bonds is 6. The number of aliphatic hydroxyl groups excluding tert-OH is 1. The maximum absolute atomic E-state index is 11.3. The number of hydrogen-bond donors (Lipinski definition) is 2. The molecule has 0 spiro atoms. The Morgan fingerprint density at radius 2 is 2.35 bits per heavy atom. The Morgan fingerprint density at radius 1 is 1.65 bits per heavy atom. The zero-order chi connectivity index (χ0) is 15.1. The summed E-state index contributed by atoms with van der Waals surface area (Å²) in [6.45, 7) is 0.951. The van der Waals surface area contributed by atoms with Crippen LogP contribution in [0.3, 0.4) is 0 Å². The molecule has 0 aliphatic rings. The molecule has 8 heteroatoms. The van der Waals surface area contributed by atoms with Crippen LogP contribution in [0.15, 0.2) is 18.2 Å². The summed E-state index contributed by atoms with van der Waals surface area (Å²) in [4.78, 5) is 21.3.